The maximum atomic E-state index is 11.1. The van der Waals surface area contributed by atoms with Crippen LogP contribution < -0.4 is 29.6 Å². The summed E-state index contributed by atoms with van der Waals surface area (Å²) in [5, 5.41) is 17.6. The van der Waals surface area contributed by atoms with Crippen LogP contribution in [0.2, 0.25) is 0 Å². The van der Waals surface area contributed by atoms with E-state index in [1.165, 1.54) is 6.42 Å². The van der Waals surface area contributed by atoms with Crippen LogP contribution in [0.1, 0.15) is 19.3 Å². The van der Waals surface area contributed by atoms with Gasteiger partial charge in [-0.25, -0.2) is 0 Å². The van der Waals surface area contributed by atoms with Crippen LogP contribution in [0.15, 0.2) is 0 Å². The van der Waals surface area contributed by atoms with E-state index >= 15 is 0 Å². The predicted octanol–water partition coefficient (Wildman–Crippen LogP) is -3.21. The molecule has 0 aromatic carbocycles. The topological polar surface area (TPSA) is 129 Å². The Hall–Kier alpha value is -0.150. The van der Waals surface area contributed by atoms with Crippen molar-refractivity contribution in [2.24, 2.45) is 5.92 Å². The van der Waals surface area contributed by atoms with Crippen molar-refractivity contribution < 1.29 is 62.3 Å². The molecule has 9 heteroatoms. The van der Waals surface area contributed by atoms with Gasteiger partial charge in [0.2, 0.25) is 0 Å². The minimum Gasteiger partial charge on any atom is -0.481 e. The Bertz CT molecular complexity index is 418. The van der Waals surface area contributed by atoms with Gasteiger partial charge in [-0.05, 0) is 6.42 Å². The van der Waals surface area contributed by atoms with Crippen molar-refractivity contribution in [3.63, 3.8) is 0 Å². The van der Waals surface area contributed by atoms with E-state index in [0.29, 0.717) is 0 Å². The second-order valence-corrected chi connectivity index (χ2v) is 5.47. The summed E-state index contributed by atoms with van der Waals surface area (Å²) in [7, 11) is -4.85. The molecule has 0 aliphatic heterocycles. The number of carboxylic acids is 2. The molecule has 1 aliphatic rings. The van der Waals surface area contributed by atoms with E-state index in [-0.39, 0.29) is 42.4 Å². The summed E-state index contributed by atoms with van der Waals surface area (Å²) in [5.41, 5.74) is 0. The van der Waals surface area contributed by atoms with E-state index in [4.69, 9.17) is 14.8 Å². The van der Waals surface area contributed by atoms with Crippen LogP contribution in [0, 0.1) is 12.3 Å². The van der Waals surface area contributed by atoms with Gasteiger partial charge in [0.25, 0.3) is 10.1 Å². The quantitative estimate of drug-likeness (QED) is 0.280. The number of aliphatic carboxylic acids is 2. The van der Waals surface area contributed by atoms with Gasteiger partial charge in [0, 0.05) is 5.92 Å². The molecule has 0 aromatic rings. The second-order valence-electron chi connectivity index (χ2n) is 3.74. The normalized spacial score (nSPS) is 29.1. The van der Waals surface area contributed by atoms with Gasteiger partial charge in [-0.15, -0.1) is 6.42 Å². The van der Waals surface area contributed by atoms with Crippen LogP contribution in [-0.2, 0) is 19.7 Å². The number of carbonyl (C=O) groups is 2. The van der Waals surface area contributed by atoms with Gasteiger partial charge in [-0.2, -0.15) is 14.8 Å². The first kappa shape index (κ1) is 16.9. The van der Waals surface area contributed by atoms with Gasteiger partial charge in [-0.3, -0.25) is 14.1 Å². The molecule has 2 atom stereocenters. The summed E-state index contributed by atoms with van der Waals surface area (Å²) in [6.45, 7) is 0. The fourth-order valence-electron chi connectivity index (χ4n) is 1.77. The third-order valence-corrected chi connectivity index (χ3v) is 4.23. The zero-order valence-corrected chi connectivity index (χ0v) is 12.0. The Kier molecular flexibility index (Phi) is 5.61. The largest absolute Gasteiger partial charge is 1.00 e. The molecule has 3 N–H and O–H groups in total. The van der Waals surface area contributed by atoms with Crippen LogP contribution in [0.4, 0.5) is 0 Å². The van der Waals surface area contributed by atoms with Crippen LogP contribution in [0.5, 0.6) is 0 Å². The minimum absolute atomic E-state index is 0. The monoisotopic (exact) mass is 274 g/mol. The number of hydrogen-bond donors (Lipinski definition) is 3. The summed E-state index contributed by atoms with van der Waals surface area (Å²) >= 11 is 0. The molecule has 2 unspecified atom stereocenters. The Morgan fingerprint density at radius 2 is 1.82 bits per heavy atom. The summed E-state index contributed by atoms with van der Waals surface area (Å²) in [5.74, 6) is -4.10. The zero-order chi connectivity index (χ0) is 12.6. The van der Waals surface area contributed by atoms with Crippen LogP contribution in [0.25, 0.3) is 0 Å². The summed E-state index contributed by atoms with van der Waals surface area (Å²) in [4.78, 5) is 21.6. The summed E-state index contributed by atoms with van der Waals surface area (Å²) < 4.78 is 28.7. The molecule has 0 bridgehead atoms. The smallest absolute Gasteiger partial charge is 0.481 e. The number of hydrogen-bond acceptors (Lipinski definition) is 4. The van der Waals surface area contributed by atoms with Gasteiger partial charge in [0.05, 0.1) is 0 Å². The molecule has 92 valence electrons. The van der Waals surface area contributed by atoms with Crippen LogP contribution in [0.3, 0.4) is 0 Å². The Morgan fingerprint density at radius 1 is 1.29 bits per heavy atom. The standard InChI is InChI=1S/C8H11O7S.Na/c9-6(10)5-2-1-3-8(4-5,7(11)12)16(13,14)15;/h1,5H,2-4H2,(H,9,10)(H,11,12)(H,13,14,15);/q-1;+1. The van der Waals surface area contributed by atoms with Crippen molar-refractivity contribution >= 4 is 22.1 Å². The molecular formula is C8H11NaO7S. The maximum Gasteiger partial charge on any atom is 1.00 e. The summed E-state index contributed by atoms with van der Waals surface area (Å²) in [6.07, 6.45) is 0.363. The van der Waals surface area contributed by atoms with Crippen molar-refractivity contribution in [1.82, 2.24) is 0 Å². The van der Waals surface area contributed by atoms with E-state index in [1.54, 1.807) is 0 Å². The van der Waals surface area contributed by atoms with E-state index in [1.807, 2.05) is 0 Å². The zero-order valence-electron chi connectivity index (χ0n) is 9.16. The molecule has 0 heterocycles. The van der Waals surface area contributed by atoms with Crippen molar-refractivity contribution in [1.29, 1.82) is 0 Å². The first-order chi connectivity index (χ1) is 7.21. The van der Waals surface area contributed by atoms with Gasteiger partial charge in [-0.1, -0.05) is 0 Å². The first-order valence-corrected chi connectivity index (χ1v) is 5.89. The Labute approximate surface area is 120 Å². The molecule has 0 spiro atoms. The molecule has 0 amide bonds. The molecule has 7 nitrogen and oxygen atoms in total. The van der Waals surface area contributed by atoms with Crippen LogP contribution >= 0.6 is 0 Å². The Balaban J connectivity index is 0.00000256. The van der Waals surface area contributed by atoms with Gasteiger partial charge in [0.15, 0.2) is 4.75 Å². The predicted molar refractivity (Wildman–Crippen MR) is 51.2 cm³/mol. The average molecular weight is 274 g/mol. The molecule has 1 saturated carbocycles. The van der Waals surface area contributed by atoms with Gasteiger partial charge in [0.1, 0.15) is 0 Å². The average Bonchev–Trinajstić information content (AvgIpc) is 2.15. The third kappa shape index (κ3) is 3.19. The number of rotatable bonds is 3. The van der Waals surface area contributed by atoms with E-state index in [9.17, 15) is 18.0 Å². The second kappa shape index (κ2) is 5.66. The fourth-order valence-corrected chi connectivity index (χ4v) is 2.73. The van der Waals surface area contributed by atoms with E-state index in [2.05, 4.69) is 0 Å². The first-order valence-electron chi connectivity index (χ1n) is 4.45. The fraction of sp³-hybridized carbons (Fsp3) is 0.625. The third-order valence-electron chi connectivity index (χ3n) is 2.73. The molecule has 1 rings (SSSR count). The molecule has 0 aromatic heterocycles. The van der Waals surface area contributed by atoms with Gasteiger partial charge < -0.3 is 16.6 Å². The summed E-state index contributed by atoms with van der Waals surface area (Å²) in [6, 6.07) is 0. The van der Waals surface area contributed by atoms with Crippen molar-refractivity contribution in [2.45, 2.75) is 24.0 Å². The molecule has 0 saturated heterocycles. The molecule has 1 fully saturated rings. The Morgan fingerprint density at radius 3 is 2.18 bits per heavy atom. The molecule has 0 radical (unpaired) electrons. The minimum atomic E-state index is -4.85. The molecular weight excluding hydrogens is 263 g/mol. The SMILES string of the molecule is O=C(O)C1C[CH-]CC(C(=O)O)(S(=O)(=O)O)C1.[Na+]. The van der Waals surface area contributed by atoms with E-state index in [0.717, 1.165) is 0 Å². The van der Waals surface area contributed by atoms with Gasteiger partial charge >= 0.3 is 41.5 Å². The van der Waals surface area contributed by atoms with Crippen molar-refractivity contribution in [2.75, 3.05) is 0 Å². The molecule has 17 heavy (non-hydrogen) atoms. The van der Waals surface area contributed by atoms with Crippen molar-refractivity contribution in [3.8, 4) is 0 Å². The van der Waals surface area contributed by atoms with E-state index < -0.39 is 39.1 Å². The molecule has 1 aliphatic carbocycles. The van der Waals surface area contributed by atoms with Crippen molar-refractivity contribution in [3.05, 3.63) is 6.42 Å². The number of carboxylic acid groups (broad SMARTS) is 2. The van der Waals surface area contributed by atoms with Crippen LogP contribution in [-0.4, -0.2) is 39.9 Å². The maximum absolute atomic E-state index is 11.1.